The molecule has 0 amide bonds. The predicted octanol–water partition coefficient (Wildman–Crippen LogP) is 5.14. The van der Waals surface area contributed by atoms with E-state index in [9.17, 15) is 14.7 Å². The first-order valence-electron chi connectivity index (χ1n) is 10.3. The Morgan fingerprint density at radius 3 is 2.34 bits per heavy atom. The zero-order valence-corrected chi connectivity index (χ0v) is 16.5. The normalized spacial score (nSPS) is 11.3. The first-order chi connectivity index (χ1) is 14.0. The standard InChI is InChI=1S/C23H27NO5/c25-17-11-12-19-20(14-17)29-21-15-18(26)13-16(23(21)24-19)9-7-5-3-1-2-4-6-8-10-22(27)28/h11-15,25H,1-10H2,(H,27,28). The molecular formula is C23H27NO5. The van der Waals surface area contributed by atoms with E-state index in [0.29, 0.717) is 22.6 Å². The molecule has 6 heteroatoms. The summed E-state index contributed by atoms with van der Waals surface area (Å²) in [7, 11) is 0. The van der Waals surface area contributed by atoms with Crippen molar-refractivity contribution in [2.75, 3.05) is 0 Å². The molecule has 3 rings (SSSR count). The number of carboxylic acid groups (broad SMARTS) is 1. The lowest BCUT2D eigenvalue weighted by atomic mass is 10.0. The summed E-state index contributed by atoms with van der Waals surface area (Å²) in [6.45, 7) is 0. The maximum Gasteiger partial charge on any atom is 0.303 e. The highest BCUT2D eigenvalue weighted by atomic mass is 16.4. The van der Waals surface area contributed by atoms with E-state index in [4.69, 9.17) is 9.52 Å². The molecule has 1 aliphatic heterocycles. The molecule has 29 heavy (non-hydrogen) atoms. The lowest BCUT2D eigenvalue weighted by molar-refractivity contribution is -0.137. The molecule has 2 N–H and O–H groups in total. The van der Waals surface area contributed by atoms with Crippen molar-refractivity contribution in [3.63, 3.8) is 0 Å². The number of aliphatic carboxylic acids is 1. The molecule has 0 unspecified atom stereocenters. The van der Waals surface area contributed by atoms with Gasteiger partial charge in [-0.3, -0.25) is 9.59 Å². The number of aromatic hydroxyl groups is 1. The molecule has 0 radical (unpaired) electrons. The van der Waals surface area contributed by atoms with E-state index in [-0.39, 0.29) is 17.6 Å². The zero-order valence-electron chi connectivity index (χ0n) is 16.5. The summed E-state index contributed by atoms with van der Waals surface area (Å²) in [6.07, 6.45) is 9.36. The summed E-state index contributed by atoms with van der Waals surface area (Å²) in [6, 6.07) is 7.86. The molecule has 1 heterocycles. The number of carboxylic acids is 1. The van der Waals surface area contributed by atoms with Crippen LogP contribution >= 0.6 is 0 Å². The van der Waals surface area contributed by atoms with Crippen LogP contribution in [0.15, 0.2) is 39.5 Å². The van der Waals surface area contributed by atoms with Crippen LogP contribution in [0, 0.1) is 0 Å². The van der Waals surface area contributed by atoms with Crippen molar-refractivity contribution in [1.29, 1.82) is 0 Å². The van der Waals surface area contributed by atoms with Crippen LogP contribution in [0.1, 0.15) is 63.4 Å². The van der Waals surface area contributed by atoms with Gasteiger partial charge in [0.25, 0.3) is 0 Å². The molecule has 0 fully saturated rings. The van der Waals surface area contributed by atoms with Crippen molar-refractivity contribution in [2.24, 2.45) is 0 Å². The highest BCUT2D eigenvalue weighted by Gasteiger charge is 2.15. The number of unbranched alkanes of at least 4 members (excludes halogenated alkanes) is 7. The minimum absolute atomic E-state index is 0.0982. The van der Waals surface area contributed by atoms with Gasteiger partial charge < -0.3 is 14.6 Å². The van der Waals surface area contributed by atoms with Crippen molar-refractivity contribution in [3.05, 3.63) is 46.1 Å². The number of carbonyl (C=O) groups is 1. The quantitative estimate of drug-likeness (QED) is 0.343. The summed E-state index contributed by atoms with van der Waals surface area (Å²) in [5.74, 6) is -0.164. The van der Waals surface area contributed by atoms with Crippen molar-refractivity contribution in [1.82, 2.24) is 4.98 Å². The Morgan fingerprint density at radius 1 is 0.931 bits per heavy atom. The average molecular weight is 397 g/mol. The van der Waals surface area contributed by atoms with E-state index in [1.54, 1.807) is 18.2 Å². The smallest absolute Gasteiger partial charge is 0.303 e. The molecule has 0 atom stereocenters. The number of rotatable bonds is 11. The van der Waals surface area contributed by atoms with Crippen LogP contribution in [-0.4, -0.2) is 21.2 Å². The van der Waals surface area contributed by atoms with Gasteiger partial charge >= 0.3 is 5.97 Å². The van der Waals surface area contributed by atoms with E-state index in [2.05, 4.69) is 4.98 Å². The Balaban J connectivity index is 1.51. The van der Waals surface area contributed by atoms with Crippen LogP contribution in [0.5, 0.6) is 5.75 Å². The summed E-state index contributed by atoms with van der Waals surface area (Å²) in [5.41, 5.74) is 2.62. The topological polar surface area (TPSA) is 101 Å². The first kappa shape index (κ1) is 20.8. The minimum atomic E-state index is -0.715. The molecule has 0 bridgehead atoms. The Labute approximate surface area is 169 Å². The number of fused-ring (bicyclic) bond motifs is 2. The van der Waals surface area contributed by atoms with Crippen LogP contribution in [0.2, 0.25) is 0 Å². The van der Waals surface area contributed by atoms with E-state index in [0.717, 1.165) is 63.4 Å². The van der Waals surface area contributed by atoms with Crippen molar-refractivity contribution in [2.45, 2.75) is 64.2 Å². The average Bonchev–Trinajstić information content (AvgIpc) is 2.67. The molecule has 0 spiro atoms. The number of phenolic OH excluding ortho intramolecular Hbond substituents is 1. The fourth-order valence-corrected chi connectivity index (χ4v) is 3.60. The summed E-state index contributed by atoms with van der Waals surface area (Å²) >= 11 is 0. The van der Waals surface area contributed by atoms with E-state index < -0.39 is 5.97 Å². The van der Waals surface area contributed by atoms with Crippen LogP contribution in [0.25, 0.3) is 22.6 Å². The van der Waals surface area contributed by atoms with Gasteiger partial charge in [0.15, 0.2) is 16.8 Å². The number of hydrogen-bond acceptors (Lipinski definition) is 5. The maximum atomic E-state index is 12.0. The molecule has 2 aliphatic rings. The fourth-order valence-electron chi connectivity index (χ4n) is 3.60. The number of benzene rings is 2. The largest absolute Gasteiger partial charge is 0.508 e. The third-order valence-electron chi connectivity index (χ3n) is 5.11. The highest BCUT2D eigenvalue weighted by Crippen LogP contribution is 2.29. The third-order valence-corrected chi connectivity index (χ3v) is 5.11. The maximum absolute atomic E-state index is 12.0. The van der Waals surface area contributed by atoms with Crippen molar-refractivity contribution < 1.29 is 19.4 Å². The van der Waals surface area contributed by atoms with Gasteiger partial charge in [0.05, 0.1) is 0 Å². The number of hydrogen-bond donors (Lipinski definition) is 2. The van der Waals surface area contributed by atoms with Crippen LogP contribution in [0.3, 0.4) is 0 Å². The van der Waals surface area contributed by atoms with E-state index >= 15 is 0 Å². The second kappa shape index (κ2) is 10.0. The highest BCUT2D eigenvalue weighted by molar-refractivity contribution is 5.78. The Kier molecular flexibility index (Phi) is 7.22. The monoisotopic (exact) mass is 397 g/mol. The SMILES string of the molecule is O=C(O)CCCCCCCCCCc1cc(=O)cc2oc3cc(O)ccc3nc1-2. The number of aryl methyl sites for hydroxylation is 1. The predicted molar refractivity (Wildman–Crippen MR) is 111 cm³/mol. The molecule has 154 valence electrons. The van der Waals surface area contributed by atoms with Gasteiger partial charge in [-0.05, 0) is 43.0 Å². The second-order valence-corrected chi connectivity index (χ2v) is 7.52. The fraction of sp³-hybridized carbons (Fsp3) is 0.435. The lowest BCUT2D eigenvalue weighted by Gasteiger charge is -2.11. The van der Waals surface area contributed by atoms with Gasteiger partial charge in [-0.25, -0.2) is 4.98 Å². The molecule has 0 saturated carbocycles. The van der Waals surface area contributed by atoms with Gasteiger partial charge in [0, 0.05) is 18.6 Å². The number of phenols is 1. The van der Waals surface area contributed by atoms with Gasteiger partial charge in [-0.15, -0.1) is 0 Å². The Bertz CT molecular complexity index is 994. The lowest BCUT2D eigenvalue weighted by Crippen LogP contribution is -2.06. The third kappa shape index (κ3) is 6.04. The minimum Gasteiger partial charge on any atom is -0.508 e. The van der Waals surface area contributed by atoms with Crippen molar-refractivity contribution in [3.8, 4) is 17.2 Å². The summed E-state index contributed by atoms with van der Waals surface area (Å²) < 4.78 is 5.80. The molecular weight excluding hydrogens is 370 g/mol. The Hall–Kier alpha value is -2.89. The van der Waals surface area contributed by atoms with Crippen molar-refractivity contribution >= 4 is 17.1 Å². The van der Waals surface area contributed by atoms with Gasteiger partial charge in [-0.2, -0.15) is 0 Å². The second-order valence-electron chi connectivity index (χ2n) is 7.52. The molecule has 1 aliphatic carbocycles. The van der Waals surface area contributed by atoms with Gasteiger partial charge in [-0.1, -0.05) is 38.5 Å². The van der Waals surface area contributed by atoms with Crippen LogP contribution in [0.4, 0.5) is 0 Å². The van der Waals surface area contributed by atoms with Gasteiger partial charge in [0.1, 0.15) is 17.0 Å². The molecule has 6 nitrogen and oxygen atoms in total. The molecule has 1 aromatic carbocycles. The molecule has 0 aromatic heterocycles. The summed E-state index contributed by atoms with van der Waals surface area (Å²) in [5, 5.41) is 18.2. The Morgan fingerprint density at radius 2 is 1.62 bits per heavy atom. The summed E-state index contributed by atoms with van der Waals surface area (Å²) in [4.78, 5) is 27.1. The first-order valence-corrected chi connectivity index (χ1v) is 10.3. The number of aromatic nitrogens is 1. The van der Waals surface area contributed by atoms with E-state index in [1.807, 2.05) is 0 Å². The van der Waals surface area contributed by atoms with Gasteiger partial charge in [0.2, 0.25) is 0 Å². The zero-order chi connectivity index (χ0) is 20.6. The van der Waals surface area contributed by atoms with Crippen LogP contribution in [-0.2, 0) is 11.2 Å². The van der Waals surface area contributed by atoms with Crippen LogP contribution < -0.4 is 5.43 Å². The molecule has 1 aromatic rings. The van der Waals surface area contributed by atoms with E-state index in [1.165, 1.54) is 12.1 Å². The number of nitrogens with zero attached hydrogens (tertiary/aromatic N) is 1. The molecule has 0 saturated heterocycles.